The number of piperidine rings is 1. The molecular formula is C16H33N3. The van der Waals surface area contributed by atoms with Crippen LogP contribution in [0.1, 0.15) is 40.5 Å². The van der Waals surface area contributed by atoms with Crippen LogP contribution in [0.15, 0.2) is 0 Å². The lowest BCUT2D eigenvalue weighted by molar-refractivity contribution is 0.0697. The van der Waals surface area contributed by atoms with Crippen LogP contribution in [-0.2, 0) is 0 Å². The molecule has 1 atom stereocenters. The van der Waals surface area contributed by atoms with E-state index in [9.17, 15) is 0 Å². The van der Waals surface area contributed by atoms with Gasteiger partial charge in [0.15, 0.2) is 0 Å². The molecule has 2 rings (SSSR count). The van der Waals surface area contributed by atoms with Crippen LogP contribution in [-0.4, -0.2) is 72.6 Å². The van der Waals surface area contributed by atoms with E-state index in [0.717, 1.165) is 12.0 Å². The summed E-state index contributed by atoms with van der Waals surface area (Å²) in [6.45, 7) is 18.3. The van der Waals surface area contributed by atoms with Crippen molar-refractivity contribution in [2.24, 2.45) is 5.92 Å². The van der Waals surface area contributed by atoms with Crippen molar-refractivity contribution in [3.8, 4) is 0 Å². The van der Waals surface area contributed by atoms with Gasteiger partial charge in [-0.05, 0) is 53.0 Å². The monoisotopic (exact) mass is 267 g/mol. The molecule has 0 N–H and O–H groups in total. The Balaban J connectivity index is 1.73. The minimum absolute atomic E-state index is 0.716. The van der Waals surface area contributed by atoms with E-state index >= 15 is 0 Å². The molecular weight excluding hydrogens is 234 g/mol. The minimum atomic E-state index is 0.716. The molecule has 0 aromatic rings. The van der Waals surface area contributed by atoms with Gasteiger partial charge in [-0.15, -0.1) is 0 Å². The first-order valence-corrected chi connectivity index (χ1v) is 8.26. The molecule has 2 aliphatic heterocycles. The zero-order valence-corrected chi connectivity index (χ0v) is 13.4. The van der Waals surface area contributed by atoms with Crippen LogP contribution >= 0.6 is 0 Å². The molecule has 0 bridgehead atoms. The molecule has 2 saturated heterocycles. The van der Waals surface area contributed by atoms with Crippen LogP contribution < -0.4 is 0 Å². The predicted octanol–water partition coefficient (Wildman–Crippen LogP) is 2.13. The Morgan fingerprint density at radius 2 is 1.47 bits per heavy atom. The minimum Gasteiger partial charge on any atom is -0.301 e. The van der Waals surface area contributed by atoms with Gasteiger partial charge in [0, 0.05) is 51.4 Å². The molecule has 0 aromatic carbocycles. The smallest absolute Gasteiger partial charge is 0.0113 e. The Morgan fingerprint density at radius 3 is 2.05 bits per heavy atom. The largest absolute Gasteiger partial charge is 0.301 e. The Hall–Kier alpha value is -0.120. The summed E-state index contributed by atoms with van der Waals surface area (Å²) < 4.78 is 0. The van der Waals surface area contributed by atoms with Crippen LogP contribution in [0.5, 0.6) is 0 Å². The van der Waals surface area contributed by atoms with Crippen LogP contribution in [0.4, 0.5) is 0 Å². The highest BCUT2D eigenvalue weighted by Crippen LogP contribution is 2.20. The number of hydrogen-bond donors (Lipinski definition) is 0. The Morgan fingerprint density at radius 1 is 0.842 bits per heavy atom. The van der Waals surface area contributed by atoms with Crippen molar-refractivity contribution >= 4 is 0 Å². The quantitative estimate of drug-likeness (QED) is 0.772. The fraction of sp³-hybridized carbons (Fsp3) is 1.00. The summed E-state index contributed by atoms with van der Waals surface area (Å²) in [5, 5.41) is 0. The van der Waals surface area contributed by atoms with Crippen molar-refractivity contribution in [2.45, 2.75) is 52.6 Å². The molecule has 0 radical (unpaired) electrons. The van der Waals surface area contributed by atoms with Gasteiger partial charge >= 0.3 is 0 Å². The molecule has 2 heterocycles. The van der Waals surface area contributed by atoms with Crippen LogP contribution in [0.25, 0.3) is 0 Å². The van der Waals surface area contributed by atoms with Crippen LogP contribution in [0, 0.1) is 5.92 Å². The third kappa shape index (κ3) is 4.44. The standard InChI is InChI=1S/C16H33N3/c1-14(2)18-10-8-17(9-11-18)12-16-6-5-7-19(13-16)15(3)4/h14-16H,5-13H2,1-4H3/t16-/m1/s1. The average molecular weight is 267 g/mol. The van der Waals surface area contributed by atoms with Crippen LogP contribution in [0.3, 0.4) is 0 Å². The van der Waals surface area contributed by atoms with Crippen molar-refractivity contribution in [3.05, 3.63) is 0 Å². The fourth-order valence-electron chi connectivity index (χ4n) is 3.54. The lowest BCUT2D eigenvalue weighted by Gasteiger charge is -2.41. The van der Waals surface area contributed by atoms with Crippen molar-refractivity contribution in [1.29, 1.82) is 0 Å². The van der Waals surface area contributed by atoms with E-state index in [4.69, 9.17) is 0 Å². The maximum Gasteiger partial charge on any atom is 0.0113 e. The maximum atomic E-state index is 2.70. The van der Waals surface area contributed by atoms with Crippen molar-refractivity contribution in [3.63, 3.8) is 0 Å². The second-order valence-electron chi connectivity index (χ2n) is 7.03. The predicted molar refractivity (Wildman–Crippen MR) is 82.6 cm³/mol. The van der Waals surface area contributed by atoms with Gasteiger partial charge in [0.05, 0.1) is 0 Å². The molecule has 0 aliphatic carbocycles. The maximum absolute atomic E-state index is 2.70. The van der Waals surface area contributed by atoms with Gasteiger partial charge in [-0.1, -0.05) is 0 Å². The van der Waals surface area contributed by atoms with E-state index < -0.39 is 0 Å². The zero-order valence-electron chi connectivity index (χ0n) is 13.4. The van der Waals surface area contributed by atoms with Gasteiger partial charge in [0.2, 0.25) is 0 Å². The van der Waals surface area contributed by atoms with Gasteiger partial charge in [-0.2, -0.15) is 0 Å². The van der Waals surface area contributed by atoms with Crippen molar-refractivity contribution < 1.29 is 0 Å². The highest BCUT2D eigenvalue weighted by atomic mass is 15.3. The number of nitrogens with zero attached hydrogens (tertiary/aromatic N) is 3. The lowest BCUT2D eigenvalue weighted by Crippen LogP contribution is -2.51. The van der Waals surface area contributed by atoms with E-state index in [1.54, 1.807) is 0 Å². The number of hydrogen-bond acceptors (Lipinski definition) is 3. The second-order valence-corrected chi connectivity index (χ2v) is 7.03. The van der Waals surface area contributed by atoms with Gasteiger partial charge in [-0.25, -0.2) is 0 Å². The van der Waals surface area contributed by atoms with Gasteiger partial charge in [0.25, 0.3) is 0 Å². The highest BCUT2D eigenvalue weighted by molar-refractivity contribution is 4.80. The molecule has 0 spiro atoms. The molecule has 0 unspecified atom stereocenters. The normalized spacial score (nSPS) is 28.4. The van der Waals surface area contributed by atoms with E-state index in [1.165, 1.54) is 58.7 Å². The summed E-state index contributed by atoms with van der Waals surface area (Å²) in [5.41, 5.74) is 0. The Kier molecular flexibility index (Phi) is 5.67. The number of likely N-dealkylation sites (tertiary alicyclic amines) is 1. The molecule has 3 nitrogen and oxygen atoms in total. The van der Waals surface area contributed by atoms with Crippen molar-refractivity contribution in [2.75, 3.05) is 45.8 Å². The molecule has 0 saturated carbocycles. The highest BCUT2D eigenvalue weighted by Gasteiger charge is 2.25. The zero-order chi connectivity index (χ0) is 13.8. The van der Waals surface area contributed by atoms with E-state index in [1.807, 2.05) is 0 Å². The molecule has 3 heteroatoms. The van der Waals surface area contributed by atoms with E-state index in [-0.39, 0.29) is 0 Å². The van der Waals surface area contributed by atoms with Gasteiger partial charge in [-0.3, -0.25) is 4.90 Å². The third-order valence-corrected chi connectivity index (χ3v) is 4.93. The molecule has 2 fully saturated rings. The second kappa shape index (κ2) is 7.05. The summed E-state index contributed by atoms with van der Waals surface area (Å²) >= 11 is 0. The number of piperazine rings is 1. The fourth-order valence-corrected chi connectivity index (χ4v) is 3.54. The van der Waals surface area contributed by atoms with Crippen LogP contribution in [0.2, 0.25) is 0 Å². The first-order chi connectivity index (χ1) is 9.06. The first kappa shape index (κ1) is 15.3. The Bertz CT molecular complexity index is 257. The summed E-state index contributed by atoms with van der Waals surface area (Å²) in [4.78, 5) is 7.98. The van der Waals surface area contributed by atoms with E-state index in [2.05, 4.69) is 42.4 Å². The molecule has 19 heavy (non-hydrogen) atoms. The molecule has 112 valence electrons. The SMILES string of the molecule is CC(C)N1CCN(C[C@H]2CCCN(C(C)C)C2)CC1. The van der Waals surface area contributed by atoms with Gasteiger partial charge < -0.3 is 9.80 Å². The topological polar surface area (TPSA) is 9.72 Å². The summed E-state index contributed by atoms with van der Waals surface area (Å²) in [6, 6.07) is 1.44. The Labute approximate surface area is 119 Å². The molecule has 0 amide bonds. The first-order valence-electron chi connectivity index (χ1n) is 8.26. The van der Waals surface area contributed by atoms with Gasteiger partial charge in [0.1, 0.15) is 0 Å². The number of rotatable bonds is 4. The summed E-state index contributed by atoms with van der Waals surface area (Å²) in [6.07, 6.45) is 2.84. The summed E-state index contributed by atoms with van der Waals surface area (Å²) in [7, 11) is 0. The lowest BCUT2D eigenvalue weighted by atomic mass is 9.96. The molecule has 0 aromatic heterocycles. The average Bonchev–Trinajstić information content (AvgIpc) is 2.39. The van der Waals surface area contributed by atoms with Crippen molar-refractivity contribution in [1.82, 2.24) is 14.7 Å². The third-order valence-electron chi connectivity index (χ3n) is 4.93. The van der Waals surface area contributed by atoms with E-state index in [0.29, 0.717) is 6.04 Å². The summed E-state index contributed by atoms with van der Waals surface area (Å²) in [5.74, 6) is 0.904. The molecule has 2 aliphatic rings.